The standard InChI is InChI=1S/C19H31N3O2/c1-5-22(6-2)12-11-20-18(23)13-16(4)14-19(24)21-17-9-7-15(3)8-10-17/h7-10,16H,5-6,11-14H2,1-4H3,(H,20,23)(H,21,24)/t16-/m1/s1. The molecule has 0 aromatic heterocycles. The summed E-state index contributed by atoms with van der Waals surface area (Å²) in [6.07, 6.45) is 0.719. The van der Waals surface area contributed by atoms with Gasteiger partial charge < -0.3 is 15.5 Å². The van der Waals surface area contributed by atoms with E-state index in [1.807, 2.05) is 38.1 Å². The van der Waals surface area contributed by atoms with E-state index < -0.39 is 0 Å². The van der Waals surface area contributed by atoms with E-state index >= 15 is 0 Å². The molecule has 134 valence electrons. The van der Waals surface area contributed by atoms with Crippen molar-refractivity contribution in [3.63, 3.8) is 0 Å². The number of hydrogen-bond donors (Lipinski definition) is 2. The van der Waals surface area contributed by atoms with Gasteiger partial charge in [-0.25, -0.2) is 0 Å². The van der Waals surface area contributed by atoms with Gasteiger partial charge in [-0.3, -0.25) is 9.59 Å². The molecule has 0 bridgehead atoms. The van der Waals surface area contributed by atoms with Crippen LogP contribution in [0.2, 0.25) is 0 Å². The molecule has 2 amide bonds. The van der Waals surface area contributed by atoms with Gasteiger partial charge in [0.15, 0.2) is 0 Å². The Labute approximate surface area is 145 Å². The lowest BCUT2D eigenvalue weighted by Crippen LogP contribution is -2.35. The monoisotopic (exact) mass is 333 g/mol. The first kappa shape index (κ1) is 20.2. The quantitative estimate of drug-likeness (QED) is 0.692. The number of carbonyl (C=O) groups excluding carboxylic acids is 2. The first-order valence-corrected chi connectivity index (χ1v) is 8.80. The van der Waals surface area contributed by atoms with E-state index in [9.17, 15) is 9.59 Å². The number of anilines is 1. The molecule has 24 heavy (non-hydrogen) atoms. The summed E-state index contributed by atoms with van der Waals surface area (Å²) in [7, 11) is 0. The van der Waals surface area contributed by atoms with Crippen LogP contribution in [0.1, 0.15) is 39.2 Å². The Kier molecular flexibility index (Phi) is 9.08. The highest BCUT2D eigenvalue weighted by Crippen LogP contribution is 2.12. The molecule has 0 aliphatic heterocycles. The lowest BCUT2D eigenvalue weighted by molar-refractivity contribution is -0.122. The molecule has 5 heteroatoms. The van der Waals surface area contributed by atoms with Crippen LogP contribution >= 0.6 is 0 Å². The Morgan fingerprint density at radius 1 is 1.04 bits per heavy atom. The Balaban J connectivity index is 2.26. The number of rotatable bonds is 10. The van der Waals surface area contributed by atoms with Crippen LogP contribution in [0.3, 0.4) is 0 Å². The van der Waals surface area contributed by atoms with Crippen LogP contribution in [0.5, 0.6) is 0 Å². The summed E-state index contributed by atoms with van der Waals surface area (Å²) in [6, 6.07) is 7.69. The summed E-state index contributed by atoms with van der Waals surface area (Å²) in [4.78, 5) is 26.2. The van der Waals surface area contributed by atoms with Gasteiger partial charge in [0.2, 0.25) is 11.8 Å². The molecule has 0 saturated heterocycles. The van der Waals surface area contributed by atoms with Gasteiger partial charge in [0.25, 0.3) is 0 Å². The Morgan fingerprint density at radius 3 is 2.21 bits per heavy atom. The maximum Gasteiger partial charge on any atom is 0.224 e. The van der Waals surface area contributed by atoms with Gasteiger partial charge in [-0.2, -0.15) is 0 Å². The topological polar surface area (TPSA) is 61.4 Å². The van der Waals surface area contributed by atoms with Gasteiger partial charge in [-0.05, 0) is 38.1 Å². The van der Waals surface area contributed by atoms with Crippen molar-refractivity contribution in [1.82, 2.24) is 10.2 Å². The van der Waals surface area contributed by atoms with Crippen molar-refractivity contribution in [2.45, 2.75) is 40.5 Å². The van der Waals surface area contributed by atoms with Crippen LogP contribution in [0.25, 0.3) is 0 Å². The Bertz CT molecular complexity index is 510. The summed E-state index contributed by atoms with van der Waals surface area (Å²) in [5.74, 6) is -0.0241. The molecular weight excluding hydrogens is 302 g/mol. The Morgan fingerprint density at radius 2 is 1.62 bits per heavy atom. The molecule has 0 spiro atoms. The maximum absolute atomic E-state index is 12.0. The van der Waals surface area contributed by atoms with E-state index in [4.69, 9.17) is 0 Å². The maximum atomic E-state index is 12.0. The summed E-state index contributed by atoms with van der Waals surface area (Å²) >= 11 is 0. The van der Waals surface area contributed by atoms with Gasteiger partial charge in [0.1, 0.15) is 0 Å². The van der Waals surface area contributed by atoms with Crippen LogP contribution < -0.4 is 10.6 Å². The van der Waals surface area contributed by atoms with Crippen molar-refractivity contribution in [3.05, 3.63) is 29.8 Å². The molecule has 1 aromatic carbocycles. The van der Waals surface area contributed by atoms with Crippen molar-refractivity contribution in [2.75, 3.05) is 31.5 Å². The van der Waals surface area contributed by atoms with E-state index in [-0.39, 0.29) is 17.7 Å². The molecule has 5 nitrogen and oxygen atoms in total. The van der Waals surface area contributed by atoms with Crippen LogP contribution in [-0.4, -0.2) is 42.9 Å². The molecule has 0 heterocycles. The first-order chi connectivity index (χ1) is 11.4. The third-order valence-corrected chi connectivity index (χ3v) is 4.05. The highest BCUT2D eigenvalue weighted by Gasteiger charge is 2.13. The number of likely N-dealkylation sites (N-methyl/N-ethyl adjacent to an activating group) is 1. The number of amides is 2. The predicted molar refractivity (Wildman–Crippen MR) is 99.0 cm³/mol. The zero-order valence-electron chi connectivity index (χ0n) is 15.4. The predicted octanol–water partition coefficient (Wildman–Crippen LogP) is 2.81. The molecule has 1 rings (SSSR count). The number of benzene rings is 1. The Hall–Kier alpha value is -1.88. The van der Waals surface area contributed by atoms with Gasteiger partial charge in [-0.15, -0.1) is 0 Å². The highest BCUT2D eigenvalue weighted by atomic mass is 16.2. The van der Waals surface area contributed by atoms with Crippen molar-refractivity contribution >= 4 is 17.5 Å². The molecule has 0 aliphatic rings. The van der Waals surface area contributed by atoms with Crippen LogP contribution in [0.4, 0.5) is 5.69 Å². The normalized spacial score (nSPS) is 12.0. The minimum absolute atomic E-state index is 0.0118. The van der Waals surface area contributed by atoms with Gasteiger partial charge in [0, 0.05) is 31.6 Å². The number of nitrogens with one attached hydrogen (secondary N) is 2. The fraction of sp³-hybridized carbons (Fsp3) is 0.579. The largest absolute Gasteiger partial charge is 0.355 e. The molecule has 0 radical (unpaired) electrons. The van der Waals surface area contributed by atoms with Crippen molar-refractivity contribution in [3.8, 4) is 0 Å². The minimum atomic E-state index is -0.0534. The SMILES string of the molecule is CCN(CC)CCNC(=O)C[C@@H](C)CC(=O)Nc1ccc(C)cc1. The summed E-state index contributed by atoms with van der Waals surface area (Å²) in [6.45, 7) is 11.7. The third kappa shape index (κ3) is 8.11. The number of carbonyl (C=O) groups is 2. The van der Waals surface area contributed by atoms with E-state index in [2.05, 4.69) is 29.4 Å². The average molecular weight is 333 g/mol. The molecule has 0 unspecified atom stereocenters. The van der Waals surface area contributed by atoms with Crippen LogP contribution in [0, 0.1) is 12.8 Å². The molecule has 2 N–H and O–H groups in total. The van der Waals surface area contributed by atoms with Crippen molar-refractivity contribution < 1.29 is 9.59 Å². The third-order valence-electron chi connectivity index (χ3n) is 4.05. The van der Waals surface area contributed by atoms with Crippen LogP contribution in [0.15, 0.2) is 24.3 Å². The second-order valence-corrected chi connectivity index (χ2v) is 6.30. The molecular formula is C19H31N3O2. The smallest absolute Gasteiger partial charge is 0.224 e. The molecule has 0 fully saturated rings. The lowest BCUT2D eigenvalue weighted by atomic mass is 10.0. The van der Waals surface area contributed by atoms with Crippen LogP contribution in [-0.2, 0) is 9.59 Å². The summed E-state index contributed by atoms with van der Waals surface area (Å²) < 4.78 is 0. The first-order valence-electron chi connectivity index (χ1n) is 8.80. The molecule has 1 aromatic rings. The fourth-order valence-electron chi connectivity index (χ4n) is 2.52. The zero-order chi connectivity index (χ0) is 17.9. The van der Waals surface area contributed by atoms with Crippen molar-refractivity contribution in [2.24, 2.45) is 5.92 Å². The van der Waals surface area contributed by atoms with E-state index in [0.29, 0.717) is 19.4 Å². The number of aryl methyl sites for hydroxylation is 1. The highest BCUT2D eigenvalue weighted by molar-refractivity contribution is 5.91. The summed E-state index contributed by atoms with van der Waals surface area (Å²) in [5.41, 5.74) is 1.95. The van der Waals surface area contributed by atoms with Gasteiger partial charge in [0.05, 0.1) is 0 Å². The number of hydrogen-bond acceptors (Lipinski definition) is 3. The van der Waals surface area contributed by atoms with E-state index in [0.717, 1.165) is 30.9 Å². The molecule has 1 atom stereocenters. The molecule has 0 aliphatic carbocycles. The van der Waals surface area contributed by atoms with Gasteiger partial charge in [-0.1, -0.05) is 38.5 Å². The fourth-order valence-corrected chi connectivity index (χ4v) is 2.52. The minimum Gasteiger partial charge on any atom is -0.355 e. The van der Waals surface area contributed by atoms with E-state index in [1.165, 1.54) is 0 Å². The summed E-state index contributed by atoms with van der Waals surface area (Å²) in [5, 5.41) is 5.80. The second-order valence-electron chi connectivity index (χ2n) is 6.30. The average Bonchev–Trinajstić information content (AvgIpc) is 2.53. The lowest BCUT2D eigenvalue weighted by Gasteiger charge is -2.18. The van der Waals surface area contributed by atoms with Gasteiger partial charge >= 0.3 is 0 Å². The molecule has 0 saturated carbocycles. The van der Waals surface area contributed by atoms with Crippen molar-refractivity contribution in [1.29, 1.82) is 0 Å². The van der Waals surface area contributed by atoms with E-state index in [1.54, 1.807) is 0 Å². The number of nitrogens with zero attached hydrogens (tertiary/aromatic N) is 1. The second kappa shape index (κ2) is 10.8. The zero-order valence-corrected chi connectivity index (χ0v) is 15.4.